The Kier molecular flexibility index (Phi) is 4.69. The van der Waals surface area contributed by atoms with Gasteiger partial charge in [-0.2, -0.15) is 0 Å². The molecule has 0 aliphatic heterocycles. The highest BCUT2D eigenvalue weighted by Crippen LogP contribution is 2.25. The van der Waals surface area contributed by atoms with Gasteiger partial charge in [-0.15, -0.1) is 11.3 Å². The van der Waals surface area contributed by atoms with Gasteiger partial charge in [0.25, 0.3) is 0 Å². The number of nitrogens with one attached hydrogen (secondary N) is 1. The van der Waals surface area contributed by atoms with Crippen molar-refractivity contribution in [2.24, 2.45) is 0 Å². The van der Waals surface area contributed by atoms with E-state index in [2.05, 4.69) is 72.2 Å². The Labute approximate surface area is 130 Å². The predicted octanol–water partition coefficient (Wildman–Crippen LogP) is 5.53. The van der Waals surface area contributed by atoms with Gasteiger partial charge in [-0.3, -0.25) is 0 Å². The van der Waals surface area contributed by atoms with Crippen molar-refractivity contribution in [2.45, 2.75) is 32.4 Å². The molecule has 1 unspecified atom stereocenters. The Bertz CT molecular complexity index is 682. The van der Waals surface area contributed by atoms with E-state index in [0.29, 0.717) is 6.04 Å². The molecule has 1 nitrogen and oxygen atoms in total. The van der Waals surface area contributed by atoms with Crippen molar-refractivity contribution in [3.63, 3.8) is 0 Å². The van der Waals surface area contributed by atoms with Gasteiger partial charge in [0.1, 0.15) is 0 Å². The zero-order valence-electron chi connectivity index (χ0n) is 12.4. The first-order chi connectivity index (χ1) is 10.4. The molecule has 3 aromatic rings. The largest absolute Gasteiger partial charge is 0.305 e. The minimum absolute atomic E-state index is 0.467. The molecule has 3 rings (SSSR count). The number of benzene rings is 2. The molecular weight excluding hydrogens is 274 g/mol. The van der Waals surface area contributed by atoms with E-state index in [0.717, 1.165) is 6.54 Å². The summed E-state index contributed by atoms with van der Waals surface area (Å²) in [6.07, 6.45) is 2.39. The second-order valence-electron chi connectivity index (χ2n) is 5.38. The van der Waals surface area contributed by atoms with E-state index in [1.807, 2.05) is 11.3 Å². The first-order valence-corrected chi connectivity index (χ1v) is 8.50. The van der Waals surface area contributed by atoms with Crippen LogP contribution in [0.5, 0.6) is 0 Å². The van der Waals surface area contributed by atoms with Crippen LogP contribution >= 0.6 is 11.3 Å². The summed E-state index contributed by atoms with van der Waals surface area (Å²) in [6.45, 7) is 3.17. The van der Waals surface area contributed by atoms with Gasteiger partial charge in [0, 0.05) is 17.5 Å². The Morgan fingerprint density at radius 1 is 1.00 bits per heavy atom. The van der Waals surface area contributed by atoms with Gasteiger partial charge in [0.15, 0.2) is 0 Å². The molecule has 1 atom stereocenters. The average Bonchev–Trinajstić information content (AvgIpc) is 3.05. The van der Waals surface area contributed by atoms with Crippen LogP contribution in [0.1, 0.15) is 36.2 Å². The third-order valence-corrected chi connectivity index (χ3v) is 4.87. The minimum Gasteiger partial charge on any atom is -0.305 e. The second kappa shape index (κ2) is 6.88. The Morgan fingerprint density at radius 2 is 1.86 bits per heavy atom. The molecule has 108 valence electrons. The summed E-state index contributed by atoms with van der Waals surface area (Å²) in [5, 5.41) is 8.58. The molecule has 0 spiro atoms. The van der Waals surface area contributed by atoms with Crippen LogP contribution in [0.3, 0.4) is 0 Å². The fourth-order valence-electron chi connectivity index (χ4n) is 2.80. The molecule has 0 saturated heterocycles. The first kappa shape index (κ1) is 14.3. The molecule has 2 heteroatoms. The molecule has 0 radical (unpaired) electrons. The highest BCUT2D eigenvalue weighted by molar-refractivity contribution is 7.10. The standard InChI is InChI=1S/C19H21NS/c1-2-7-18(19-12-6-13-21-19)20-14-16-10-5-9-15-8-3-4-11-17(15)16/h3-6,8-13,18,20H,2,7,14H2,1H3. The Hall–Kier alpha value is -1.64. The lowest BCUT2D eigenvalue weighted by molar-refractivity contribution is 0.501. The van der Waals surface area contributed by atoms with E-state index in [9.17, 15) is 0 Å². The zero-order chi connectivity index (χ0) is 14.5. The molecule has 1 aromatic heterocycles. The highest BCUT2D eigenvalue weighted by atomic mass is 32.1. The number of rotatable bonds is 6. The lowest BCUT2D eigenvalue weighted by Crippen LogP contribution is -2.20. The number of fused-ring (bicyclic) bond motifs is 1. The summed E-state index contributed by atoms with van der Waals surface area (Å²) < 4.78 is 0. The van der Waals surface area contributed by atoms with Crippen LogP contribution in [0.15, 0.2) is 60.0 Å². The van der Waals surface area contributed by atoms with Crippen LogP contribution in [0.2, 0.25) is 0 Å². The van der Waals surface area contributed by atoms with Crippen LogP contribution in [-0.4, -0.2) is 0 Å². The van der Waals surface area contributed by atoms with E-state index < -0.39 is 0 Å². The molecule has 21 heavy (non-hydrogen) atoms. The van der Waals surface area contributed by atoms with E-state index >= 15 is 0 Å². The molecule has 0 fully saturated rings. The maximum absolute atomic E-state index is 3.74. The molecule has 1 N–H and O–H groups in total. The lowest BCUT2D eigenvalue weighted by Gasteiger charge is -2.17. The number of thiophene rings is 1. The Balaban J connectivity index is 1.78. The van der Waals surface area contributed by atoms with Gasteiger partial charge >= 0.3 is 0 Å². The molecule has 0 bridgehead atoms. The van der Waals surface area contributed by atoms with Gasteiger partial charge in [-0.05, 0) is 34.2 Å². The number of hydrogen-bond acceptors (Lipinski definition) is 2. The Morgan fingerprint density at radius 3 is 2.67 bits per heavy atom. The van der Waals surface area contributed by atoms with Crippen LogP contribution in [0.25, 0.3) is 10.8 Å². The summed E-state index contributed by atoms with van der Waals surface area (Å²) in [7, 11) is 0. The van der Waals surface area contributed by atoms with E-state index in [-0.39, 0.29) is 0 Å². The van der Waals surface area contributed by atoms with Gasteiger partial charge in [-0.25, -0.2) is 0 Å². The average molecular weight is 295 g/mol. The van der Waals surface area contributed by atoms with Crippen LogP contribution in [-0.2, 0) is 6.54 Å². The van der Waals surface area contributed by atoms with Crippen LogP contribution in [0.4, 0.5) is 0 Å². The van der Waals surface area contributed by atoms with E-state index in [1.165, 1.54) is 34.1 Å². The summed E-state index contributed by atoms with van der Waals surface area (Å²) in [6, 6.07) is 20.0. The summed E-state index contributed by atoms with van der Waals surface area (Å²) >= 11 is 1.85. The normalized spacial score (nSPS) is 12.6. The van der Waals surface area contributed by atoms with Gasteiger partial charge in [-0.1, -0.05) is 61.9 Å². The first-order valence-electron chi connectivity index (χ1n) is 7.62. The third-order valence-electron chi connectivity index (χ3n) is 3.88. The molecule has 0 amide bonds. The maximum atomic E-state index is 3.74. The topological polar surface area (TPSA) is 12.0 Å². The van der Waals surface area contributed by atoms with Crippen molar-refractivity contribution in [3.8, 4) is 0 Å². The quantitative estimate of drug-likeness (QED) is 0.630. The van der Waals surface area contributed by atoms with Crippen molar-refractivity contribution in [1.82, 2.24) is 5.32 Å². The third kappa shape index (κ3) is 3.34. The summed E-state index contributed by atoms with van der Waals surface area (Å²) in [5.41, 5.74) is 1.38. The molecular formula is C19H21NS. The van der Waals surface area contributed by atoms with Gasteiger partial charge < -0.3 is 5.32 Å². The number of hydrogen-bond donors (Lipinski definition) is 1. The summed E-state index contributed by atoms with van der Waals surface area (Å²) in [4.78, 5) is 1.44. The van der Waals surface area contributed by atoms with Gasteiger partial charge in [0.2, 0.25) is 0 Å². The van der Waals surface area contributed by atoms with Crippen molar-refractivity contribution in [2.75, 3.05) is 0 Å². The SMILES string of the molecule is CCCC(NCc1cccc2ccccc12)c1cccs1. The van der Waals surface area contributed by atoms with Crippen molar-refractivity contribution < 1.29 is 0 Å². The highest BCUT2D eigenvalue weighted by Gasteiger charge is 2.11. The fraction of sp³-hybridized carbons (Fsp3) is 0.263. The predicted molar refractivity (Wildman–Crippen MR) is 92.8 cm³/mol. The van der Waals surface area contributed by atoms with Crippen LogP contribution in [0, 0.1) is 0 Å². The smallest absolute Gasteiger partial charge is 0.0417 e. The molecule has 0 saturated carbocycles. The van der Waals surface area contributed by atoms with Crippen molar-refractivity contribution in [1.29, 1.82) is 0 Å². The molecule has 2 aromatic carbocycles. The minimum atomic E-state index is 0.467. The maximum Gasteiger partial charge on any atom is 0.0417 e. The van der Waals surface area contributed by atoms with Gasteiger partial charge in [0.05, 0.1) is 0 Å². The molecule has 0 aliphatic carbocycles. The molecule has 0 aliphatic rings. The lowest BCUT2D eigenvalue weighted by atomic mass is 10.0. The van der Waals surface area contributed by atoms with Crippen molar-refractivity contribution in [3.05, 3.63) is 70.4 Å². The van der Waals surface area contributed by atoms with Crippen LogP contribution < -0.4 is 5.32 Å². The van der Waals surface area contributed by atoms with Crippen molar-refractivity contribution >= 4 is 22.1 Å². The van der Waals surface area contributed by atoms with E-state index in [1.54, 1.807) is 0 Å². The zero-order valence-corrected chi connectivity index (χ0v) is 13.2. The van der Waals surface area contributed by atoms with E-state index in [4.69, 9.17) is 0 Å². The summed E-state index contributed by atoms with van der Waals surface area (Å²) in [5.74, 6) is 0. The second-order valence-corrected chi connectivity index (χ2v) is 6.36. The molecule has 1 heterocycles. The fourth-order valence-corrected chi connectivity index (χ4v) is 3.64. The monoisotopic (exact) mass is 295 g/mol.